The summed E-state index contributed by atoms with van der Waals surface area (Å²) in [4.78, 5) is 24.9. The van der Waals surface area contributed by atoms with Gasteiger partial charge in [0.15, 0.2) is 0 Å². The van der Waals surface area contributed by atoms with Crippen LogP contribution in [-0.4, -0.2) is 11.8 Å². The van der Waals surface area contributed by atoms with Crippen molar-refractivity contribution >= 4 is 23.2 Å². The molecule has 3 aromatic carbocycles. The second-order valence-electron chi connectivity index (χ2n) is 6.12. The highest BCUT2D eigenvalue weighted by atomic mass is 16.2. The van der Waals surface area contributed by atoms with Gasteiger partial charge < -0.3 is 10.6 Å². The molecule has 2 amide bonds. The first-order chi connectivity index (χ1) is 12.5. The molecular formula is C22H20N2O2. The number of hydrogen-bond acceptors (Lipinski definition) is 2. The summed E-state index contributed by atoms with van der Waals surface area (Å²) >= 11 is 0. The van der Waals surface area contributed by atoms with E-state index in [1.165, 1.54) is 0 Å². The number of hydrogen-bond donors (Lipinski definition) is 2. The molecule has 0 aliphatic rings. The van der Waals surface area contributed by atoms with E-state index in [-0.39, 0.29) is 11.8 Å². The predicted molar refractivity (Wildman–Crippen MR) is 105 cm³/mol. The average molecular weight is 344 g/mol. The fraction of sp³-hybridized carbons (Fsp3) is 0.0909. The molecule has 4 nitrogen and oxygen atoms in total. The van der Waals surface area contributed by atoms with Crippen molar-refractivity contribution in [3.63, 3.8) is 0 Å². The first-order valence-electron chi connectivity index (χ1n) is 8.38. The van der Waals surface area contributed by atoms with Crippen LogP contribution in [0.25, 0.3) is 0 Å². The highest BCUT2D eigenvalue weighted by Gasteiger charge is 2.11. The van der Waals surface area contributed by atoms with Gasteiger partial charge in [-0.25, -0.2) is 0 Å². The van der Waals surface area contributed by atoms with Gasteiger partial charge in [0.05, 0.1) is 0 Å². The van der Waals surface area contributed by atoms with Gasteiger partial charge in [-0.3, -0.25) is 9.59 Å². The third-order valence-electron chi connectivity index (χ3n) is 4.16. The van der Waals surface area contributed by atoms with Gasteiger partial charge >= 0.3 is 0 Å². The van der Waals surface area contributed by atoms with Crippen LogP contribution in [0.1, 0.15) is 31.8 Å². The van der Waals surface area contributed by atoms with Gasteiger partial charge in [-0.05, 0) is 55.3 Å². The van der Waals surface area contributed by atoms with Crippen molar-refractivity contribution in [3.05, 3.63) is 95.1 Å². The molecule has 0 fully saturated rings. The Morgan fingerprint density at radius 2 is 1.04 bits per heavy atom. The predicted octanol–water partition coefficient (Wildman–Crippen LogP) is 4.81. The topological polar surface area (TPSA) is 58.2 Å². The highest BCUT2D eigenvalue weighted by Crippen LogP contribution is 2.18. The molecule has 0 heterocycles. The molecule has 3 rings (SSSR count). The fourth-order valence-electron chi connectivity index (χ4n) is 2.73. The minimum Gasteiger partial charge on any atom is -0.322 e. The summed E-state index contributed by atoms with van der Waals surface area (Å²) in [6, 6.07) is 21.9. The lowest BCUT2D eigenvalue weighted by Gasteiger charge is -2.11. The second-order valence-corrected chi connectivity index (χ2v) is 6.12. The highest BCUT2D eigenvalue weighted by molar-refractivity contribution is 6.07. The molecule has 3 aromatic rings. The summed E-state index contributed by atoms with van der Waals surface area (Å²) < 4.78 is 0. The number of carbonyl (C=O) groups excluding carboxylic acids is 2. The smallest absolute Gasteiger partial charge is 0.255 e. The lowest BCUT2D eigenvalue weighted by Crippen LogP contribution is -2.15. The Morgan fingerprint density at radius 1 is 0.615 bits per heavy atom. The van der Waals surface area contributed by atoms with Crippen molar-refractivity contribution in [2.45, 2.75) is 13.8 Å². The van der Waals surface area contributed by atoms with Crippen LogP contribution < -0.4 is 10.6 Å². The van der Waals surface area contributed by atoms with Gasteiger partial charge in [0.2, 0.25) is 0 Å². The van der Waals surface area contributed by atoms with Crippen LogP contribution in [0.2, 0.25) is 0 Å². The minimum absolute atomic E-state index is 0.175. The third-order valence-corrected chi connectivity index (χ3v) is 4.16. The van der Waals surface area contributed by atoms with Gasteiger partial charge in [-0.15, -0.1) is 0 Å². The maximum Gasteiger partial charge on any atom is 0.255 e. The quantitative estimate of drug-likeness (QED) is 0.714. The molecule has 0 spiro atoms. The lowest BCUT2D eigenvalue weighted by molar-refractivity contribution is 0.101. The van der Waals surface area contributed by atoms with Gasteiger partial charge in [-0.2, -0.15) is 0 Å². The van der Waals surface area contributed by atoms with Gasteiger partial charge in [0, 0.05) is 22.5 Å². The van der Waals surface area contributed by atoms with Crippen molar-refractivity contribution < 1.29 is 9.59 Å². The van der Waals surface area contributed by atoms with Crippen molar-refractivity contribution in [2.24, 2.45) is 0 Å². The first kappa shape index (κ1) is 17.4. The van der Waals surface area contributed by atoms with Crippen molar-refractivity contribution in [3.8, 4) is 0 Å². The van der Waals surface area contributed by atoms with Gasteiger partial charge in [0.1, 0.15) is 0 Å². The summed E-state index contributed by atoms with van der Waals surface area (Å²) in [5, 5.41) is 5.75. The van der Waals surface area contributed by atoms with E-state index in [1.54, 1.807) is 36.4 Å². The molecule has 0 aliphatic heterocycles. The number of nitrogens with one attached hydrogen (secondary N) is 2. The van der Waals surface area contributed by atoms with E-state index in [9.17, 15) is 9.59 Å². The Morgan fingerprint density at radius 3 is 1.46 bits per heavy atom. The van der Waals surface area contributed by atoms with Crippen LogP contribution in [0.5, 0.6) is 0 Å². The van der Waals surface area contributed by atoms with E-state index in [0.29, 0.717) is 22.5 Å². The summed E-state index contributed by atoms with van der Waals surface area (Å²) in [5.74, 6) is -0.351. The monoisotopic (exact) mass is 344 g/mol. The van der Waals surface area contributed by atoms with Crippen molar-refractivity contribution in [1.29, 1.82) is 0 Å². The number of benzene rings is 3. The first-order valence-corrected chi connectivity index (χ1v) is 8.38. The van der Waals surface area contributed by atoms with Crippen LogP contribution in [-0.2, 0) is 0 Å². The molecular weight excluding hydrogens is 324 g/mol. The molecule has 2 N–H and O–H groups in total. The van der Waals surface area contributed by atoms with E-state index in [2.05, 4.69) is 10.6 Å². The van der Waals surface area contributed by atoms with E-state index in [1.807, 2.05) is 50.2 Å². The molecule has 0 bridgehead atoms. The lowest BCUT2D eigenvalue weighted by atomic mass is 10.1. The third kappa shape index (κ3) is 3.98. The molecule has 0 unspecified atom stereocenters. The second kappa shape index (κ2) is 7.66. The zero-order valence-electron chi connectivity index (χ0n) is 14.7. The van der Waals surface area contributed by atoms with Crippen molar-refractivity contribution in [1.82, 2.24) is 0 Å². The Kier molecular flexibility index (Phi) is 5.13. The zero-order valence-corrected chi connectivity index (χ0v) is 14.7. The molecule has 0 radical (unpaired) electrons. The molecule has 0 aromatic heterocycles. The van der Waals surface area contributed by atoms with E-state index < -0.39 is 0 Å². The normalized spacial score (nSPS) is 10.2. The molecule has 130 valence electrons. The summed E-state index contributed by atoms with van der Waals surface area (Å²) in [5.41, 5.74) is 4.33. The largest absolute Gasteiger partial charge is 0.322 e. The van der Waals surface area contributed by atoms with Crippen LogP contribution >= 0.6 is 0 Å². The summed E-state index contributed by atoms with van der Waals surface area (Å²) in [6.45, 7) is 3.79. The van der Waals surface area contributed by atoms with Gasteiger partial charge in [0.25, 0.3) is 11.8 Å². The Balaban J connectivity index is 1.74. The Bertz CT molecular complexity index is 889. The van der Waals surface area contributed by atoms with E-state index in [4.69, 9.17) is 0 Å². The number of anilines is 2. The van der Waals surface area contributed by atoms with Crippen LogP contribution in [0.3, 0.4) is 0 Å². The Labute approximate surface area is 152 Å². The maximum atomic E-state index is 12.4. The molecule has 26 heavy (non-hydrogen) atoms. The van der Waals surface area contributed by atoms with E-state index in [0.717, 1.165) is 11.1 Å². The molecule has 0 atom stereocenters. The van der Waals surface area contributed by atoms with Gasteiger partial charge in [-0.1, -0.05) is 42.5 Å². The number of aryl methyl sites for hydroxylation is 2. The molecule has 0 aliphatic carbocycles. The van der Waals surface area contributed by atoms with E-state index >= 15 is 0 Å². The number of rotatable bonds is 4. The number of amides is 2. The standard InChI is InChI=1S/C22H20N2O2/c1-15-8-3-5-12-19(15)21(25)23-17-10-7-11-18(14-17)24-22(26)20-13-6-4-9-16(20)2/h3-14H,1-2H3,(H,23,25)(H,24,26). The summed E-state index contributed by atoms with van der Waals surface area (Å²) in [7, 11) is 0. The Hall–Kier alpha value is -3.40. The molecule has 0 saturated carbocycles. The fourth-order valence-corrected chi connectivity index (χ4v) is 2.73. The van der Waals surface area contributed by atoms with Crippen molar-refractivity contribution in [2.75, 3.05) is 10.6 Å². The van der Waals surface area contributed by atoms with Crippen LogP contribution in [0.4, 0.5) is 11.4 Å². The minimum atomic E-state index is -0.175. The van der Waals surface area contributed by atoms with Crippen LogP contribution in [0, 0.1) is 13.8 Å². The van der Waals surface area contributed by atoms with Crippen LogP contribution in [0.15, 0.2) is 72.8 Å². The zero-order chi connectivity index (χ0) is 18.5. The average Bonchev–Trinajstić information content (AvgIpc) is 2.62. The maximum absolute atomic E-state index is 12.4. The molecule has 0 saturated heterocycles. The SMILES string of the molecule is Cc1ccccc1C(=O)Nc1cccc(NC(=O)c2ccccc2C)c1. The number of carbonyl (C=O) groups is 2. The molecule has 4 heteroatoms. The summed E-state index contributed by atoms with van der Waals surface area (Å²) in [6.07, 6.45) is 0.